The van der Waals surface area contributed by atoms with Crippen molar-refractivity contribution in [3.63, 3.8) is 0 Å². The Kier molecular flexibility index (Phi) is 3.61. The summed E-state index contributed by atoms with van der Waals surface area (Å²) in [5.41, 5.74) is 0. The molecule has 0 aromatic heterocycles. The molecule has 0 saturated carbocycles. The summed E-state index contributed by atoms with van der Waals surface area (Å²) in [5, 5.41) is 1.53. The highest BCUT2D eigenvalue weighted by molar-refractivity contribution is 7.79. The second-order valence-corrected chi connectivity index (χ2v) is 1.39. The van der Waals surface area contributed by atoms with Crippen molar-refractivity contribution in [3.05, 3.63) is 11.8 Å². The van der Waals surface area contributed by atoms with Crippen molar-refractivity contribution in [3.8, 4) is 0 Å². The molecule has 40 valence electrons. The van der Waals surface area contributed by atoms with Crippen LogP contribution in [0.25, 0.3) is 0 Å². The van der Waals surface area contributed by atoms with E-state index in [0.717, 1.165) is 5.76 Å². The molecule has 0 aliphatic carbocycles. The number of thiocarbonyl (C=S) groups is 1. The van der Waals surface area contributed by atoms with Crippen LogP contribution in [0.5, 0.6) is 0 Å². The van der Waals surface area contributed by atoms with Crippen molar-refractivity contribution in [2.24, 2.45) is 0 Å². The smallest absolute Gasteiger partial charge is 0.0932 e. The molecule has 0 N–H and O–H groups in total. The predicted octanol–water partition coefficient (Wildman–Crippen LogP) is 1.54. The third kappa shape index (κ3) is 3.46. The number of hydrogen-bond acceptors (Lipinski definition) is 2. The fraction of sp³-hybridized carbons (Fsp3) is 0.400. The molecule has 0 aliphatic heterocycles. The number of rotatable bonds is 2. The van der Waals surface area contributed by atoms with Gasteiger partial charge in [-0.2, -0.15) is 0 Å². The number of ether oxygens (including phenoxy) is 1. The monoisotopic (exact) mass is 116 g/mol. The van der Waals surface area contributed by atoms with E-state index in [1.807, 2.05) is 6.92 Å². The Labute approximate surface area is 49.0 Å². The SMILES string of the molecule is CO/C(C)=C/C=S. The lowest BCUT2D eigenvalue weighted by Crippen LogP contribution is -1.76. The van der Waals surface area contributed by atoms with Crippen LogP contribution < -0.4 is 0 Å². The molecule has 0 spiro atoms. The van der Waals surface area contributed by atoms with Crippen molar-refractivity contribution in [2.45, 2.75) is 6.92 Å². The van der Waals surface area contributed by atoms with Crippen LogP contribution in [0.2, 0.25) is 0 Å². The molecule has 0 heterocycles. The number of hydrogen-bond donors (Lipinski definition) is 0. The molecule has 1 nitrogen and oxygen atoms in total. The van der Waals surface area contributed by atoms with Crippen molar-refractivity contribution in [1.82, 2.24) is 0 Å². The normalized spacial score (nSPS) is 10.9. The maximum atomic E-state index is 4.75. The Balaban J connectivity index is 3.49. The van der Waals surface area contributed by atoms with Crippen molar-refractivity contribution >= 4 is 17.6 Å². The fourth-order valence-corrected chi connectivity index (χ4v) is 0.355. The lowest BCUT2D eigenvalue weighted by molar-refractivity contribution is 0.294. The van der Waals surface area contributed by atoms with Gasteiger partial charge in [0.15, 0.2) is 0 Å². The molecular formula is C5H8OS. The van der Waals surface area contributed by atoms with E-state index in [9.17, 15) is 0 Å². The third-order valence-corrected chi connectivity index (χ3v) is 0.761. The molecule has 0 aliphatic rings. The maximum Gasteiger partial charge on any atom is 0.0932 e. The Bertz CT molecular complexity index is 86.1. The lowest BCUT2D eigenvalue weighted by Gasteiger charge is -1.91. The zero-order chi connectivity index (χ0) is 5.70. The molecule has 0 amide bonds. The summed E-state index contributed by atoms with van der Waals surface area (Å²) in [5.74, 6) is 0.843. The fourth-order valence-electron chi connectivity index (χ4n) is 0.164. The molecule has 0 rings (SSSR count). The first-order valence-corrected chi connectivity index (χ1v) is 2.44. The van der Waals surface area contributed by atoms with E-state index in [-0.39, 0.29) is 0 Å². The van der Waals surface area contributed by atoms with Crippen molar-refractivity contribution in [1.29, 1.82) is 0 Å². The summed E-state index contributed by atoms with van der Waals surface area (Å²) in [6, 6.07) is 0. The largest absolute Gasteiger partial charge is 0.501 e. The highest BCUT2D eigenvalue weighted by atomic mass is 32.1. The summed E-state index contributed by atoms with van der Waals surface area (Å²) in [4.78, 5) is 0. The van der Waals surface area contributed by atoms with Crippen LogP contribution in [-0.4, -0.2) is 12.5 Å². The van der Waals surface area contributed by atoms with Gasteiger partial charge in [-0.05, 0) is 13.0 Å². The number of methoxy groups -OCH3 is 1. The molecule has 0 aromatic carbocycles. The molecule has 0 fully saturated rings. The summed E-state index contributed by atoms with van der Waals surface area (Å²) >= 11 is 4.51. The molecule has 0 bridgehead atoms. The highest BCUT2D eigenvalue weighted by Crippen LogP contribution is 1.87. The summed E-state index contributed by atoms with van der Waals surface area (Å²) in [6.07, 6.45) is 1.73. The standard InChI is InChI=1S/C5H8OS/c1-5(6-2)3-4-7/h3-4H,1-2H3/b5-3+. The second-order valence-electron chi connectivity index (χ2n) is 1.12. The van der Waals surface area contributed by atoms with E-state index in [1.165, 1.54) is 5.37 Å². The number of allylic oxidation sites excluding steroid dienone is 2. The van der Waals surface area contributed by atoms with Crippen LogP contribution in [0, 0.1) is 0 Å². The van der Waals surface area contributed by atoms with Gasteiger partial charge >= 0.3 is 0 Å². The molecule has 0 radical (unpaired) electrons. The van der Waals surface area contributed by atoms with Crippen LogP contribution >= 0.6 is 12.2 Å². The lowest BCUT2D eigenvalue weighted by atomic mass is 10.5. The van der Waals surface area contributed by atoms with Gasteiger partial charge in [-0.1, -0.05) is 12.2 Å². The van der Waals surface area contributed by atoms with E-state index >= 15 is 0 Å². The van der Waals surface area contributed by atoms with Gasteiger partial charge in [0.25, 0.3) is 0 Å². The average molecular weight is 116 g/mol. The van der Waals surface area contributed by atoms with Gasteiger partial charge in [-0.25, -0.2) is 0 Å². The quantitative estimate of drug-likeness (QED) is 0.307. The van der Waals surface area contributed by atoms with Gasteiger partial charge in [0.1, 0.15) is 0 Å². The summed E-state index contributed by atoms with van der Waals surface area (Å²) in [7, 11) is 1.62. The van der Waals surface area contributed by atoms with Crippen LogP contribution in [0.15, 0.2) is 11.8 Å². The van der Waals surface area contributed by atoms with Gasteiger partial charge in [-0.15, -0.1) is 0 Å². The second kappa shape index (κ2) is 3.81. The van der Waals surface area contributed by atoms with E-state index in [2.05, 4.69) is 12.2 Å². The van der Waals surface area contributed by atoms with E-state index in [1.54, 1.807) is 13.2 Å². The van der Waals surface area contributed by atoms with Crippen molar-refractivity contribution < 1.29 is 4.74 Å². The summed E-state index contributed by atoms with van der Waals surface area (Å²) < 4.78 is 4.75. The van der Waals surface area contributed by atoms with Crippen LogP contribution in [-0.2, 0) is 4.74 Å². The molecule has 2 heteroatoms. The van der Waals surface area contributed by atoms with Gasteiger partial charge in [0.2, 0.25) is 0 Å². The summed E-state index contributed by atoms with van der Waals surface area (Å²) in [6.45, 7) is 1.85. The van der Waals surface area contributed by atoms with Crippen LogP contribution in [0.4, 0.5) is 0 Å². The molecule has 0 aromatic rings. The minimum atomic E-state index is 0.843. The van der Waals surface area contributed by atoms with E-state index in [4.69, 9.17) is 4.74 Å². The first kappa shape index (κ1) is 6.63. The Morgan fingerprint density at radius 3 is 2.43 bits per heavy atom. The molecule has 0 saturated heterocycles. The highest BCUT2D eigenvalue weighted by Gasteiger charge is 1.74. The molecular weight excluding hydrogens is 108 g/mol. The van der Waals surface area contributed by atoms with Gasteiger partial charge in [-0.3, -0.25) is 0 Å². The maximum absolute atomic E-state index is 4.75. The topological polar surface area (TPSA) is 9.23 Å². The molecule has 0 atom stereocenters. The minimum Gasteiger partial charge on any atom is -0.501 e. The van der Waals surface area contributed by atoms with Gasteiger partial charge < -0.3 is 4.74 Å². The Hall–Kier alpha value is -0.370. The molecule has 7 heavy (non-hydrogen) atoms. The molecule has 0 unspecified atom stereocenters. The van der Waals surface area contributed by atoms with E-state index in [0.29, 0.717) is 0 Å². The van der Waals surface area contributed by atoms with Crippen LogP contribution in [0.1, 0.15) is 6.92 Å². The Morgan fingerprint density at radius 1 is 1.71 bits per heavy atom. The first-order valence-electron chi connectivity index (χ1n) is 1.97. The first-order chi connectivity index (χ1) is 3.31. The van der Waals surface area contributed by atoms with Gasteiger partial charge in [0, 0.05) is 5.37 Å². The van der Waals surface area contributed by atoms with Gasteiger partial charge in [0.05, 0.1) is 12.9 Å². The Morgan fingerprint density at radius 2 is 2.29 bits per heavy atom. The zero-order valence-electron chi connectivity index (χ0n) is 4.47. The zero-order valence-corrected chi connectivity index (χ0v) is 5.29. The average Bonchev–Trinajstić information content (AvgIpc) is 1.68. The minimum absolute atomic E-state index is 0.843. The van der Waals surface area contributed by atoms with E-state index < -0.39 is 0 Å². The van der Waals surface area contributed by atoms with Crippen molar-refractivity contribution in [2.75, 3.05) is 7.11 Å². The van der Waals surface area contributed by atoms with Crippen LogP contribution in [0.3, 0.4) is 0 Å². The predicted molar refractivity (Wildman–Crippen MR) is 34.4 cm³/mol. The third-order valence-electron chi connectivity index (χ3n) is 0.625.